The van der Waals surface area contributed by atoms with E-state index < -0.39 is 11.9 Å². The highest BCUT2D eigenvalue weighted by atomic mass is 19.4. The molecule has 0 aliphatic rings. The number of nitrogens with zero attached hydrogens (tertiary/aromatic N) is 3. The van der Waals surface area contributed by atoms with Gasteiger partial charge in [0.05, 0.1) is 17.6 Å². The predicted molar refractivity (Wildman–Crippen MR) is 69.0 cm³/mol. The van der Waals surface area contributed by atoms with E-state index in [2.05, 4.69) is 15.4 Å². The smallest absolute Gasteiger partial charge is 0.396 e. The topological polar surface area (TPSA) is 68.8 Å². The summed E-state index contributed by atoms with van der Waals surface area (Å²) in [5.74, 6) is 0. The van der Waals surface area contributed by atoms with E-state index in [-0.39, 0.29) is 11.4 Å². The molecule has 0 amide bonds. The van der Waals surface area contributed by atoms with E-state index in [9.17, 15) is 13.2 Å². The third-order valence-corrected chi connectivity index (χ3v) is 2.66. The van der Waals surface area contributed by atoms with E-state index in [1.165, 1.54) is 0 Å². The molecule has 0 saturated heterocycles. The first-order chi connectivity index (χ1) is 9.47. The lowest BCUT2D eigenvalue weighted by molar-refractivity contribution is -0.141. The number of aryl methyl sites for hydroxylation is 1. The lowest BCUT2D eigenvalue weighted by Crippen LogP contribution is -2.12. The van der Waals surface area contributed by atoms with Gasteiger partial charge in [0.15, 0.2) is 0 Å². The van der Waals surface area contributed by atoms with E-state index in [4.69, 9.17) is 5.73 Å². The molecule has 8 heteroatoms. The van der Waals surface area contributed by atoms with E-state index >= 15 is 0 Å². The van der Waals surface area contributed by atoms with Gasteiger partial charge in [-0.05, 0) is 18.6 Å². The fourth-order valence-electron chi connectivity index (χ4n) is 1.67. The molecule has 0 aromatic carbocycles. The van der Waals surface area contributed by atoms with Crippen molar-refractivity contribution in [3.63, 3.8) is 0 Å². The van der Waals surface area contributed by atoms with Gasteiger partial charge in [-0.3, -0.25) is 4.68 Å². The summed E-state index contributed by atoms with van der Waals surface area (Å²) in [6.07, 6.45) is 0.745. The normalized spacial score (nSPS) is 11.6. The molecule has 0 saturated carbocycles. The lowest BCUT2D eigenvalue weighted by atomic mass is 10.2. The van der Waals surface area contributed by atoms with Crippen molar-refractivity contribution in [1.29, 1.82) is 0 Å². The Balaban J connectivity index is 1.91. The summed E-state index contributed by atoms with van der Waals surface area (Å²) in [7, 11) is 0. The van der Waals surface area contributed by atoms with Crippen molar-refractivity contribution < 1.29 is 13.2 Å². The van der Waals surface area contributed by atoms with Crippen LogP contribution < -0.4 is 11.1 Å². The number of hydrogen-bond acceptors (Lipinski definition) is 4. The number of nitrogens with two attached hydrogens (primary N) is 1. The maximum atomic E-state index is 12.5. The summed E-state index contributed by atoms with van der Waals surface area (Å²) in [5.41, 5.74) is 5.08. The minimum atomic E-state index is -4.47. The van der Waals surface area contributed by atoms with Gasteiger partial charge >= 0.3 is 6.18 Å². The van der Waals surface area contributed by atoms with Gasteiger partial charge in [-0.15, -0.1) is 0 Å². The largest absolute Gasteiger partial charge is 0.433 e. The zero-order chi connectivity index (χ0) is 14.6. The average Bonchev–Trinajstić information content (AvgIpc) is 2.88. The van der Waals surface area contributed by atoms with Crippen LogP contribution in [0.4, 0.5) is 24.5 Å². The minimum Gasteiger partial charge on any atom is -0.396 e. The Morgan fingerprint density at radius 3 is 2.80 bits per heavy atom. The molecule has 20 heavy (non-hydrogen) atoms. The molecule has 0 aliphatic carbocycles. The molecular formula is C12H14F3N5. The Morgan fingerprint density at radius 2 is 2.15 bits per heavy atom. The fraction of sp³-hybridized carbons (Fsp3) is 0.333. The van der Waals surface area contributed by atoms with E-state index in [0.29, 0.717) is 19.5 Å². The van der Waals surface area contributed by atoms with Gasteiger partial charge in [0.25, 0.3) is 0 Å². The molecule has 0 spiro atoms. The number of aromatic nitrogens is 3. The number of hydrogen-bond donors (Lipinski definition) is 2. The van der Waals surface area contributed by atoms with Gasteiger partial charge in [-0.25, -0.2) is 4.98 Å². The van der Waals surface area contributed by atoms with E-state index in [1.54, 1.807) is 10.9 Å². The summed E-state index contributed by atoms with van der Waals surface area (Å²) >= 11 is 0. The Labute approximate surface area is 113 Å². The summed E-state index contributed by atoms with van der Waals surface area (Å²) in [5, 5.41) is 6.91. The van der Waals surface area contributed by atoms with Crippen molar-refractivity contribution >= 4 is 11.4 Å². The van der Waals surface area contributed by atoms with Crippen molar-refractivity contribution in [2.24, 2.45) is 0 Å². The molecule has 0 aliphatic heterocycles. The molecule has 2 heterocycles. The number of nitrogens with one attached hydrogen (secondary N) is 1. The summed E-state index contributed by atoms with van der Waals surface area (Å²) < 4.78 is 39.3. The number of pyridine rings is 1. The molecule has 108 valence electrons. The molecule has 2 aromatic heterocycles. The molecule has 5 nitrogen and oxygen atoms in total. The number of halogens is 3. The van der Waals surface area contributed by atoms with Crippen LogP contribution in [0, 0.1) is 0 Å². The second-order valence-electron chi connectivity index (χ2n) is 4.20. The fourth-order valence-corrected chi connectivity index (χ4v) is 1.67. The Kier molecular flexibility index (Phi) is 4.11. The molecule has 0 bridgehead atoms. The molecule has 0 atom stereocenters. The first kappa shape index (κ1) is 14.2. The van der Waals surface area contributed by atoms with Crippen LogP contribution in [0.3, 0.4) is 0 Å². The number of rotatable bonds is 5. The Bertz CT molecular complexity index is 551. The summed E-state index contributed by atoms with van der Waals surface area (Å²) in [4.78, 5) is 3.27. The van der Waals surface area contributed by atoms with Crippen molar-refractivity contribution in [3.05, 3.63) is 36.4 Å². The third-order valence-electron chi connectivity index (χ3n) is 2.66. The third kappa shape index (κ3) is 3.62. The molecule has 3 N–H and O–H groups in total. The first-order valence-corrected chi connectivity index (χ1v) is 6.01. The van der Waals surface area contributed by atoms with Crippen molar-refractivity contribution in [2.45, 2.75) is 19.1 Å². The summed E-state index contributed by atoms with van der Waals surface area (Å²) in [6.45, 7) is 1.17. The highest BCUT2D eigenvalue weighted by Crippen LogP contribution is 2.30. The van der Waals surface area contributed by atoms with Crippen LogP contribution in [0.5, 0.6) is 0 Å². The maximum absolute atomic E-state index is 12.5. The first-order valence-electron chi connectivity index (χ1n) is 6.01. The lowest BCUT2D eigenvalue weighted by Gasteiger charge is -2.12. The van der Waals surface area contributed by atoms with Gasteiger partial charge in [0.2, 0.25) is 0 Å². The van der Waals surface area contributed by atoms with Crippen LogP contribution in [-0.2, 0) is 12.7 Å². The van der Waals surface area contributed by atoms with Crippen LogP contribution in [0.1, 0.15) is 12.1 Å². The SMILES string of the molecule is Nc1cnc(C(F)(F)F)cc1NCCCn1cccn1. The molecule has 0 unspecified atom stereocenters. The summed E-state index contributed by atoms with van der Waals surface area (Å²) in [6, 6.07) is 2.73. The molecular weight excluding hydrogens is 271 g/mol. The van der Waals surface area contributed by atoms with E-state index in [0.717, 1.165) is 12.3 Å². The number of alkyl halides is 3. The zero-order valence-corrected chi connectivity index (χ0v) is 10.6. The maximum Gasteiger partial charge on any atom is 0.433 e. The predicted octanol–water partition coefficient (Wildman–Crippen LogP) is 2.38. The van der Waals surface area contributed by atoms with Crippen LogP contribution >= 0.6 is 0 Å². The quantitative estimate of drug-likeness (QED) is 0.828. The average molecular weight is 285 g/mol. The highest BCUT2D eigenvalue weighted by Gasteiger charge is 2.32. The minimum absolute atomic E-state index is 0.192. The van der Waals surface area contributed by atoms with Gasteiger partial charge in [0.1, 0.15) is 5.69 Å². The van der Waals surface area contributed by atoms with Crippen molar-refractivity contribution in [3.8, 4) is 0 Å². The highest BCUT2D eigenvalue weighted by molar-refractivity contribution is 5.65. The Hall–Kier alpha value is -2.25. The standard InChI is InChI=1S/C12H14F3N5/c13-12(14,15)11-7-10(9(16)8-18-11)17-3-1-5-20-6-2-4-19-20/h2,4,6-8H,1,3,5,16H2,(H,17,18). The zero-order valence-electron chi connectivity index (χ0n) is 10.6. The van der Waals surface area contributed by atoms with Crippen LogP contribution in [0.2, 0.25) is 0 Å². The second kappa shape index (κ2) is 5.81. The monoisotopic (exact) mass is 285 g/mol. The van der Waals surface area contributed by atoms with Crippen molar-refractivity contribution in [1.82, 2.24) is 14.8 Å². The Morgan fingerprint density at radius 1 is 1.35 bits per heavy atom. The van der Waals surface area contributed by atoms with Crippen LogP contribution in [0.15, 0.2) is 30.7 Å². The number of nitrogen functional groups attached to an aromatic ring is 1. The van der Waals surface area contributed by atoms with Crippen molar-refractivity contribution in [2.75, 3.05) is 17.6 Å². The van der Waals surface area contributed by atoms with Gasteiger partial charge in [-0.1, -0.05) is 0 Å². The number of anilines is 2. The van der Waals surface area contributed by atoms with Gasteiger partial charge in [-0.2, -0.15) is 18.3 Å². The molecule has 0 fully saturated rings. The molecule has 0 radical (unpaired) electrons. The van der Waals surface area contributed by atoms with E-state index in [1.807, 2.05) is 12.3 Å². The molecule has 2 aromatic rings. The van der Waals surface area contributed by atoms with Crippen LogP contribution in [-0.4, -0.2) is 21.3 Å². The van der Waals surface area contributed by atoms with Gasteiger partial charge < -0.3 is 11.1 Å². The molecule has 2 rings (SSSR count). The van der Waals surface area contributed by atoms with Crippen LogP contribution in [0.25, 0.3) is 0 Å². The van der Waals surface area contributed by atoms with Gasteiger partial charge in [0, 0.05) is 25.5 Å². The second-order valence-corrected chi connectivity index (χ2v) is 4.20.